The van der Waals surface area contributed by atoms with Crippen molar-refractivity contribution in [2.75, 3.05) is 0 Å². The first-order valence-electron chi connectivity index (χ1n) is 11.6. The second kappa shape index (κ2) is 7.17. The van der Waals surface area contributed by atoms with E-state index in [2.05, 4.69) is 29.0 Å². The minimum absolute atomic E-state index is 0.0751. The van der Waals surface area contributed by atoms with E-state index >= 15 is 0 Å². The van der Waals surface area contributed by atoms with Gasteiger partial charge in [0.05, 0.1) is 17.6 Å². The van der Waals surface area contributed by atoms with Gasteiger partial charge in [0.2, 0.25) is 0 Å². The first-order valence-corrected chi connectivity index (χ1v) is 11.6. The molecule has 4 aromatic rings. The number of rotatable bonds is 2. The molecule has 0 aliphatic heterocycles. The third kappa shape index (κ3) is 2.43. The number of nitriles is 2. The lowest BCUT2D eigenvalue weighted by Crippen LogP contribution is -2.40. The zero-order valence-corrected chi connectivity index (χ0v) is 18.9. The van der Waals surface area contributed by atoms with Crippen LogP contribution in [0, 0.1) is 34.0 Å². The molecule has 0 amide bonds. The highest BCUT2D eigenvalue weighted by Crippen LogP contribution is 2.63. The standard InChI is InChI=1S/C30H23N3O/c1-33-17-23-27-20(9-8-14-25(27)33)16-29(18-31,19-32)24-15-26(34)30(28(23)24,21-10-4-2-5-11-21)22-12-6-3-7-13-22/h2-14,17,24,28H,15-16H2,1H3/t24-,28+/m0/s1. The van der Waals surface area contributed by atoms with Gasteiger partial charge in [-0.15, -0.1) is 0 Å². The summed E-state index contributed by atoms with van der Waals surface area (Å²) < 4.78 is 2.11. The molecule has 0 bridgehead atoms. The summed E-state index contributed by atoms with van der Waals surface area (Å²) in [4.78, 5) is 14.3. The molecule has 0 radical (unpaired) electrons. The summed E-state index contributed by atoms with van der Waals surface area (Å²) in [7, 11) is 2.03. The molecule has 1 fully saturated rings. The maximum Gasteiger partial charge on any atom is 0.151 e. The van der Waals surface area contributed by atoms with Gasteiger partial charge in [-0.1, -0.05) is 72.8 Å². The summed E-state index contributed by atoms with van der Waals surface area (Å²) in [5.74, 6) is -0.684. The van der Waals surface area contributed by atoms with Crippen LogP contribution >= 0.6 is 0 Å². The molecule has 2 atom stereocenters. The van der Waals surface area contributed by atoms with Crippen LogP contribution in [0.1, 0.15) is 34.6 Å². The highest BCUT2D eigenvalue weighted by molar-refractivity contribution is 6.00. The topological polar surface area (TPSA) is 69.6 Å². The monoisotopic (exact) mass is 441 g/mol. The molecule has 34 heavy (non-hydrogen) atoms. The average Bonchev–Trinajstić information content (AvgIpc) is 3.35. The lowest BCUT2D eigenvalue weighted by molar-refractivity contribution is -0.121. The molecule has 1 aromatic heterocycles. The number of fused-ring (bicyclic) bond motifs is 2. The Labute approximate surface area is 198 Å². The Morgan fingerprint density at radius 2 is 1.50 bits per heavy atom. The third-order valence-corrected chi connectivity index (χ3v) is 8.14. The molecule has 2 aliphatic rings. The van der Waals surface area contributed by atoms with E-state index in [9.17, 15) is 15.3 Å². The molecule has 2 aliphatic carbocycles. The summed E-state index contributed by atoms with van der Waals surface area (Å²) >= 11 is 0. The SMILES string of the molecule is Cn1cc2c3c(cccc31)CC(C#N)(C#N)[C@H]1CC(=O)C(c3ccccc3)(c3ccccc3)[C@H]21. The summed E-state index contributed by atoms with van der Waals surface area (Å²) in [6.07, 6.45) is 2.64. The zero-order chi connectivity index (χ0) is 23.5. The van der Waals surface area contributed by atoms with E-state index in [4.69, 9.17) is 0 Å². The predicted octanol–water partition coefficient (Wildman–Crippen LogP) is 5.43. The van der Waals surface area contributed by atoms with E-state index in [1.54, 1.807) is 0 Å². The number of nitrogens with zero attached hydrogens (tertiary/aromatic N) is 3. The number of carbonyl (C=O) groups is 1. The number of aromatic nitrogens is 1. The molecule has 0 N–H and O–H groups in total. The number of hydrogen-bond acceptors (Lipinski definition) is 3. The van der Waals surface area contributed by atoms with Gasteiger partial charge >= 0.3 is 0 Å². The van der Waals surface area contributed by atoms with Crippen LogP contribution in [0.15, 0.2) is 85.1 Å². The van der Waals surface area contributed by atoms with Crippen molar-refractivity contribution in [2.45, 2.75) is 24.2 Å². The molecule has 0 saturated heterocycles. The molecular weight excluding hydrogens is 418 g/mol. The van der Waals surface area contributed by atoms with Gasteiger partial charge in [-0.25, -0.2) is 0 Å². The van der Waals surface area contributed by atoms with Crippen molar-refractivity contribution in [3.05, 3.63) is 107 Å². The van der Waals surface area contributed by atoms with Crippen LogP contribution in [-0.4, -0.2) is 10.4 Å². The number of hydrogen-bond donors (Lipinski definition) is 0. The van der Waals surface area contributed by atoms with Crippen molar-refractivity contribution >= 4 is 16.7 Å². The fourth-order valence-corrected chi connectivity index (χ4v) is 6.75. The van der Waals surface area contributed by atoms with E-state index in [1.807, 2.05) is 79.8 Å². The van der Waals surface area contributed by atoms with E-state index in [0.29, 0.717) is 6.42 Å². The molecule has 4 nitrogen and oxygen atoms in total. The fourth-order valence-electron chi connectivity index (χ4n) is 6.75. The Kier molecular flexibility index (Phi) is 4.32. The van der Waals surface area contributed by atoms with Crippen LogP contribution in [0.3, 0.4) is 0 Å². The Balaban J connectivity index is 1.79. The second-order valence-corrected chi connectivity index (χ2v) is 9.63. The minimum Gasteiger partial charge on any atom is -0.350 e. The quantitative estimate of drug-likeness (QED) is 0.417. The highest BCUT2D eigenvalue weighted by Gasteiger charge is 2.64. The van der Waals surface area contributed by atoms with Crippen LogP contribution in [0.4, 0.5) is 0 Å². The summed E-state index contributed by atoms with van der Waals surface area (Å²) in [6.45, 7) is 0. The number of Topliss-reactive ketones (excluding diaryl/α,β-unsaturated/α-hetero) is 1. The summed E-state index contributed by atoms with van der Waals surface area (Å²) in [5.41, 5.74) is 2.70. The van der Waals surface area contributed by atoms with Gasteiger partial charge in [0.25, 0.3) is 0 Å². The molecule has 0 spiro atoms. The van der Waals surface area contributed by atoms with E-state index < -0.39 is 16.7 Å². The van der Waals surface area contributed by atoms with Crippen molar-refractivity contribution in [3.8, 4) is 12.1 Å². The maximum atomic E-state index is 14.3. The van der Waals surface area contributed by atoms with Crippen molar-refractivity contribution < 1.29 is 4.79 Å². The van der Waals surface area contributed by atoms with Crippen molar-refractivity contribution in [1.82, 2.24) is 4.57 Å². The van der Waals surface area contributed by atoms with Crippen LogP contribution in [0.2, 0.25) is 0 Å². The number of ketones is 1. The van der Waals surface area contributed by atoms with Gasteiger partial charge in [-0.2, -0.15) is 10.5 Å². The van der Waals surface area contributed by atoms with Crippen LogP contribution < -0.4 is 0 Å². The van der Waals surface area contributed by atoms with Gasteiger partial charge in [0.1, 0.15) is 5.78 Å². The molecule has 1 heterocycles. The Morgan fingerprint density at radius 1 is 0.882 bits per heavy atom. The van der Waals surface area contributed by atoms with Gasteiger partial charge in [-0.05, 0) is 28.3 Å². The van der Waals surface area contributed by atoms with Crippen molar-refractivity contribution in [3.63, 3.8) is 0 Å². The third-order valence-electron chi connectivity index (χ3n) is 8.14. The Bertz CT molecular complexity index is 1470. The minimum atomic E-state index is -1.29. The second-order valence-electron chi connectivity index (χ2n) is 9.63. The fraction of sp³-hybridized carbons (Fsp3) is 0.233. The van der Waals surface area contributed by atoms with Crippen LogP contribution in [0.25, 0.3) is 10.9 Å². The van der Waals surface area contributed by atoms with Crippen molar-refractivity contribution in [1.29, 1.82) is 10.5 Å². The first kappa shape index (κ1) is 20.5. The summed E-state index contributed by atoms with van der Waals surface area (Å²) in [6, 6.07) is 30.8. The van der Waals surface area contributed by atoms with Crippen LogP contribution in [-0.2, 0) is 23.7 Å². The van der Waals surface area contributed by atoms with E-state index in [1.165, 1.54) is 0 Å². The summed E-state index contributed by atoms with van der Waals surface area (Å²) in [5, 5.41) is 22.0. The molecule has 3 aromatic carbocycles. The molecule has 0 unspecified atom stereocenters. The van der Waals surface area contributed by atoms with Gasteiger partial charge in [0.15, 0.2) is 5.41 Å². The Morgan fingerprint density at radius 3 is 2.09 bits per heavy atom. The predicted molar refractivity (Wildman–Crippen MR) is 130 cm³/mol. The molecular formula is C30H23N3O. The van der Waals surface area contributed by atoms with E-state index in [-0.39, 0.29) is 18.1 Å². The molecule has 164 valence electrons. The lowest BCUT2D eigenvalue weighted by Gasteiger charge is -2.39. The van der Waals surface area contributed by atoms with Gasteiger partial charge < -0.3 is 4.57 Å². The zero-order valence-electron chi connectivity index (χ0n) is 18.9. The highest BCUT2D eigenvalue weighted by atomic mass is 16.1. The van der Waals surface area contributed by atoms with Gasteiger partial charge in [-0.3, -0.25) is 4.79 Å². The van der Waals surface area contributed by atoms with Gasteiger partial charge in [0, 0.05) is 48.8 Å². The largest absolute Gasteiger partial charge is 0.350 e. The lowest BCUT2D eigenvalue weighted by atomic mass is 9.60. The van der Waals surface area contributed by atoms with Crippen molar-refractivity contribution in [2.24, 2.45) is 18.4 Å². The molecule has 4 heteroatoms. The normalized spacial score (nSPS) is 21.9. The van der Waals surface area contributed by atoms with E-state index in [0.717, 1.165) is 33.2 Å². The number of aryl methyl sites for hydroxylation is 1. The Hall–Kier alpha value is -4.15. The number of carbonyl (C=O) groups excluding carboxylic acids is 1. The molecule has 1 saturated carbocycles. The molecule has 6 rings (SSSR count). The average molecular weight is 442 g/mol. The maximum absolute atomic E-state index is 14.3. The first-order chi connectivity index (χ1) is 16.6. The number of benzene rings is 3. The van der Waals surface area contributed by atoms with Crippen LogP contribution in [0.5, 0.6) is 0 Å². The smallest absolute Gasteiger partial charge is 0.151 e.